The van der Waals surface area contributed by atoms with E-state index >= 15 is 0 Å². The van der Waals surface area contributed by atoms with Crippen LogP contribution in [-0.4, -0.2) is 0 Å². The number of hydrogen-bond acceptors (Lipinski definition) is 0. The molecule has 0 nitrogen and oxygen atoms in total. The standard InChI is InChI=1S/C15H14Cl/c1-2-15(12-6-4-3-5-7-12)13-8-10-14(16)11-9-13/h3-11,15H,1-2H2. The van der Waals surface area contributed by atoms with Gasteiger partial charge in [-0.2, -0.15) is 0 Å². The van der Waals surface area contributed by atoms with E-state index in [0.29, 0.717) is 5.92 Å². The molecular formula is C15H14Cl. The molecule has 16 heavy (non-hydrogen) atoms. The highest BCUT2D eigenvalue weighted by atomic mass is 35.5. The van der Waals surface area contributed by atoms with Crippen LogP contribution >= 0.6 is 11.6 Å². The van der Waals surface area contributed by atoms with Crippen LogP contribution in [0.1, 0.15) is 23.5 Å². The normalized spacial score (nSPS) is 12.4. The van der Waals surface area contributed by atoms with Gasteiger partial charge in [-0.05, 0) is 29.7 Å². The summed E-state index contributed by atoms with van der Waals surface area (Å²) in [6.07, 6.45) is 0.853. The first kappa shape index (κ1) is 11.2. The summed E-state index contributed by atoms with van der Waals surface area (Å²) >= 11 is 5.89. The molecule has 0 fully saturated rings. The minimum atomic E-state index is 0.360. The number of hydrogen-bond donors (Lipinski definition) is 0. The molecule has 0 bridgehead atoms. The van der Waals surface area contributed by atoms with Crippen LogP contribution in [0, 0.1) is 6.92 Å². The van der Waals surface area contributed by atoms with E-state index in [1.165, 1.54) is 11.1 Å². The minimum absolute atomic E-state index is 0.360. The van der Waals surface area contributed by atoms with Crippen LogP contribution in [0.25, 0.3) is 0 Å². The molecule has 0 aliphatic rings. The van der Waals surface area contributed by atoms with Gasteiger partial charge < -0.3 is 0 Å². The molecule has 0 saturated carbocycles. The van der Waals surface area contributed by atoms with Crippen molar-refractivity contribution in [3.8, 4) is 0 Å². The Kier molecular flexibility index (Phi) is 3.63. The first-order valence-corrected chi connectivity index (χ1v) is 5.78. The zero-order valence-corrected chi connectivity index (χ0v) is 9.82. The van der Waals surface area contributed by atoms with Crippen molar-refractivity contribution in [1.82, 2.24) is 0 Å². The van der Waals surface area contributed by atoms with E-state index in [1.54, 1.807) is 0 Å². The Labute approximate surface area is 102 Å². The Balaban J connectivity index is 2.33. The quantitative estimate of drug-likeness (QED) is 0.716. The molecule has 0 heterocycles. The Morgan fingerprint density at radius 3 is 2.00 bits per heavy atom. The molecule has 1 heteroatoms. The van der Waals surface area contributed by atoms with Crippen LogP contribution < -0.4 is 0 Å². The second-order valence-corrected chi connectivity index (χ2v) is 4.24. The summed E-state index contributed by atoms with van der Waals surface area (Å²) in [5.41, 5.74) is 2.57. The molecule has 81 valence electrons. The molecule has 2 rings (SSSR count). The molecule has 0 aromatic heterocycles. The third-order valence-corrected chi connectivity index (χ3v) is 3.01. The van der Waals surface area contributed by atoms with Crippen LogP contribution in [0.15, 0.2) is 54.6 Å². The van der Waals surface area contributed by atoms with E-state index in [-0.39, 0.29) is 0 Å². The van der Waals surface area contributed by atoms with Gasteiger partial charge in [0.05, 0.1) is 0 Å². The Morgan fingerprint density at radius 1 is 0.875 bits per heavy atom. The molecule has 1 atom stereocenters. The fourth-order valence-corrected chi connectivity index (χ4v) is 2.03. The van der Waals surface area contributed by atoms with Gasteiger partial charge in [-0.15, -0.1) is 0 Å². The lowest BCUT2D eigenvalue weighted by atomic mass is 9.89. The molecule has 2 aromatic rings. The molecular weight excluding hydrogens is 216 g/mol. The summed E-state index contributed by atoms with van der Waals surface area (Å²) in [5.74, 6) is 0.360. The van der Waals surface area contributed by atoms with E-state index in [9.17, 15) is 0 Å². The number of benzene rings is 2. The summed E-state index contributed by atoms with van der Waals surface area (Å²) in [6, 6.07) is 18.5. The number of halogens is 1. The van der Waals surface area contributed by atoms with E-state index in [4.69, 9.17) is 11.6 Å². The van der Waals surface area contributed by atoms with Gasteiger partial charge in [0, 0.05) is 10.9 Å². The maximum atomic E-state index is 5.89. The van der Waals surface area contributed by atoms with Crippen molar-refractivity contribution < 1.29 is 0 Å². The van der Waals surface area contributed by atoms with Crippen molar-refractivity contribution in [2.75, 3.05) is 0 Å². The highest BCUT2D eigenvalue weighted by molar-refractivity contribution is 6.30. The van der Waals surface area contributed by atoms with Gasteiger partial charge in [-0.25, -0.2) is 0 Å². The van der Waals surface area contributed by atoms with Crippen LogP contribution in [0.5, 0.6) is 0 Å². The maximum absolute atomic E-state index is 5.89. The third-order valence-electron chi connectivity index (χ3n) is 2.76. The van der Waals surface area contributed by atoms with Crippen LogP contribution in [0.2, 0.25) is 5.02 Å². The van der Waals surface area contributed by atoms with E-state index in [2.05, 4.69) is 43.3 Å². The highest BCUT2D eigenvalue weighted by Crippen LogP contribution is 2.28. The van der Waals surface area contributed by atoms with Crippen molar-refractivity contribution >= 4 is 11.6 Å². The molecule has 0 aliphatic carbocycles. The third kappa shape index (κ3) is 2.45. The van der Waals surface area contributed by atoms with Gasteiger partial charge in [0.15, 0.2) is 0 Å². The molecule has 0 spiro atoms. The van der Waals surface area contributed by atoms with Gasteiger partial charge in [0.1, 0.15) is 0 Å². The monoisotopic (exact) mass is 229 g/mol. The van der Waals surface area contributed by atoms with Crippen LogP contribution in [-0.2, 0) is 0 Å². The van der Waals surface area contributed by atoms with Crippen molar-refractivity contribution in [1.29, 1.82) is 0 Å². The fourth-order valence-electron chi connectivity index (χ4n) is 1.91. The second kappa shape index (κ2) is 5.18. The van der Waals surface area contributed by atoms with E-state index in [0.717, 1.165) is 11.4 Å². The predicted molar refractivity (Wildman–Crippen MR) is 69.7 cm³/mol. The lowest BCUT2D eigenvalue weighted by Gasteiger charge is -2.15. The van der Waals surface area contributed by atoms with Gasteiger partial charge in [-0.3, -0.25) is 0 Å². The minimum Gasteiger partial charge on any atom is -0.0843 e. The zero-order valence-electron chi connectivity index (χ0n) is 9.07. The van der Waals surface area contributed by atoms with Crippen LogP contribution in [0.4, 0.5) is 0 Å². The molecule has 0 saturated heterocycles. The first-order valence-electron chi connectivity index (χ1n) is 5.41. The topological polar surface area (TPSA) is 0 Å². The Bertz CT molecular complexity index is 431. The zero-order chi connectivity index (χ0) is 11.4. The van der Waals surface area contributed by atoms with Gasteiger partial charge in [0.2, 0.25) is 0 Å². The number of rotatable bonds is 3. The molecule has 1 unspecified atom stereocenters. The Hall–Kier alpha value is -1.27. The Morgan fingerprint density at radius 2 is 1.44 bits per heavy atom. The molecule has 0 N–H and O–H groups in total. The maximum Gasteiger partial charge on any atom is 0.0406 e. The summed E-state index contributed by atoms with van der Waals surface area (Å²) in [4.78, 5) is 0. The first-order chi connectivity index (χ1) is 7.81. The van der Waals surface area contributed by atoms with Crippen molar-refractivity contribution in [2.45, 2.75) is 12.3 Å². The smallest absolute Gasteiger partial charge is 0.0406 e. The second-order valence-electron chi connectivity index (χ2n) is 3.80. The van der Waals surface area contributed by atoms with E-state index < -0.39 is 0 Å². The summed E-state index contributed by atoms with van der Waals surface area (Å²) in [7, 11) is 0. The van der Waals surface area contributed by atoms with Crippen LogP contribution in [0.3, 0.4) is 0 Å². The molecule has 0 amide bonds. The highest BCUT2D eigenvalue weighted by Gasteiger charge is 2.10. The average Bonchev–Trinajstić information content (AvgIpc) is 2.34. The van der Waals surface area contributed by atoms with Gasteiger partial charge >= 0.3 is 0 Å². The predicted octanol–water partition coefficient (Wildman–Crippen LogP) is 4.70. The van der Waals surface area contributed by atoms with E-state index in [1.807, 2.05) is 18.2 Å². The van der Waals surface area contributed by atoms with Gasteiger partial charge in [0.25, 0.3) is 0 Å². The summed E-state index contributed by atoms with van der Waals surface area (Å²) in [6.45, 7) is 4.03. The summed E-state index contributed by atoms with van der Waals surface area (Å²) in [5, 5.41) is 0.777. The summed E-state index contributed by atoms with van der Waals surface area (Å²) < 4.78 is 0. The fraction of sp³-hybridized carbons (Fsp3) is 0.133. The molecule has 1 radical (unpaired) electrons. The molecule has 0 aliphatic heterocycles. The average molecular weight is 230 g/mol. The lowest BCUT2D eigenvalue weighted by Crippen LogP contribution is -1.99. The largest absolute Gasteiger partial charge is 0.0843 e. The van der Waals surface area contributed by atoms with Gasteiger partial charge in [-0.1, -0.05) is 61.0 Å². The lowest BCUT2D eigenvalue weighted by molar-refractivity contribution is 0.827. The van der Waals surface area contributed by atoms with Crippen molar-refractivity contribution in [3.05, 3.63) is 77.7 Å². The molecule has 2 aromatic carbocycles. The SMILES string of the molecule is [CH2]CC(c1ccccc1)c1ccc(Cl)cc1. The van der Waals surface area contributed by atoms with Crippen molar-refractivity contribution in [2.24, 2.45) is 0 Å². The van der Waals surface area contributed by atoms with Crippen molar-refractivity contribution in [3.63, 3.8) is 0 Å².